The molecule has 1 aliphatic carbocycles. The zero-order valence-corrected chi connectivity index (χ0v) is 11.6. The lowest BCUT2D eigenvalue weighted by atomic mass is 10.0. The van der Waals surface area contributed by atoms with Crippen molar-refractivity contribution in [1.29, 1.82) is 0 Å². The van der Waals surface area contributed by atoms with Gasteiger partial charge in [0.2, 0.25) is 0 Å². The van der Waals surface area contributed by atoms with E-state index in [1.165, 1.54) is 12.8 Å². The van der Waals surface area contributed by atoms with Crippen LogP contribution in [-0.4, -0.2) is 53.1 Å². The molecule has 0 amide bonds. The number of nitrogens with zero attached hydrogens (tertiary/aromatic N) is 2. The van der Waals surface area contributed by atoms with Crippen molar-refractivity contribution in [3.8, 4) is 0 Å². The van der Waals surface area contributed by atoms with Gasteiger partial charge in [0.25, 0.3) is 0 Å². The Morgan fingerprint density at radius 3 is 2.55 bits per heavy atom. The number of aromatic carboxylic acids is 1. The Hall–Kier alpha value is -1.59. The van der Waals surface area contributed by atoms with Gasteiger partial charge in [-0.3, -0.25) is 9.80 Å². The zero-order chi connectivity index (χ0) is 14.1. The van der Waals surface area contributed by atoms with E-state index in [1.54, 1.807) is 6.07 Å². The Labute approximate surface area is 119 Å². The number of benzene rings is 1. The first-order valence-electron chi connectivity index (χ1n) is 7.22. The summed E-state index contributed by atoms with van der Waals surface area (Å²) < 4.78 is 0. The number of nitrogen functional groups attached to an aromatic ring is 1. The molecule has 0 unspecified atom stereocenters. The van der Waals surface area contributed by atoms with E-state index < -0.39 is 5.97 Å². The van der Waals surface area contributed by atoms with Crippen LogP contribution in [0.1, 0.15) is 28.8 Å². The number of piperazine rings is 1. The van der Waals surface area contributed by atoms with Crippen LogP contribution < -0.4 is 5.73 Å². The molecule has 1 aromatic rings. The summed E-state index contributed by atoms with van der Waals surface area (Å²) in [5.74, 6) is -0.935. The summed E-state index contributed by atoms with van der Waals surface area (Å²) in [6.45, 7) is 4.87. The fraction of sp³-hybridized carbons (Fsp3) is 0.533. The van der Waals surface area contributed by atoms with Gasteiger partial charge in [0.1, 0.15) is 0 Å². The van der Waals surface area contributed by atoms with E-state index in [4.69, 9.17) is 5.73 Å². The highest BCUT2D eigenvalue weighted by Crippen LogP contribution is 2.28. The molecule has 5 nitrogen and oxygen atoms in total. The molecule has 0 bridgehead atoms. The molecule has 0 radical (unpaired) electrons. The molecular weight excluding hydrogens is 254 g/mol. The minimum absolute atomic E-state index is 0.261. The maximum Gasteiger partial charge on any atom is 0.338 e. The fourth-order valence-corrected chi connectivity index (χ4v) is 2.98. The third-order valence-corrected chi connectivity index (χ3v) is 4.26. The second kappa shape index (κ2) is 5.42. The molecule has 0 atom stereocenters. The molecule has 0 aromatic heterocycles. The van der Waals surface area contributed by atoms with Gasteiger partial charge >= 0.3 is 5.97 Å². The Balaban J connectivity index is 1.66. The summed E-state index contributed by atoms with van der Waals surface area (Å²) in [4.78, 5) is 16.2. The van der Waals surface area contributed by atoms with Crippen LogP contribution in [0.5, 0.6) is 0 Å². The van der Waals surface area contributed by atoms with Gasteiger partial charge in [-0.25, -0.2) is 4.79 Å². The maximum absolute atomic E-state index is 11.3. The summed E-state index contributed by atoms with van der Waals surface area (Å²) in [5, 5.41) is 9.29. The van der Waals surface area contributed by atoms with Gasteiger partial charge in [0.05, 0.1) is 5.56 Å². The summed E-state index contributed by atoms with van der Waals surface area (Å²) in [5.41, 5.74) is 7.22. The molecule has 1 aromatic carbocycles. The lowest BCUT2D eigenvalue weighted by molar-refractivity contribution is 0.0694. The molecule has 3 rings (SSSR count). The first kappa shape index (κ1) is 13.4. The highest BCUT2D eigenvalue weighted by atomic mass is 16.4. The number of rotatable bonds is 4. The fourth-order valence-electron chi connectivity index (χ4n) is 2.98. The van der Waals surface area contributed by atoms with Crippen molar-refractivity contribution >= 4 is 11.7 Å². The van der Waals surface area contributed by atoms with Crippen molar-refractivity contribution in [3.05, 3.63) is 29.3 Å². The smallest absolute Gasteiger partial charge is 0.338 e. The van der Waals surface area contributed by atoms with Crippen LogP contribution >= 0.6 is 0 Å². The summed E-state index contributed by atoms with van der Waals surface area (Å²) in [6.07, 6.45) is 2.69. The van der Waals surface area contributed by atoms with Crippen molar-refractivity contribution in [2.45, 2.75) is 25.4 Å². The minimum Gasteiger partial charge on any atom is -0.478 e. The van der Waals surface area contributed by atoms with E-state index in [9.17, 15) is 9.90 Å². The molecule has 3 N–H and O–H groups in total. The van der Waals surface area contributed by atoms with E-state index in [0.717, 1.165) is 37.8 Å². The predicted molar refractivity (Wildman–Crippen MR) is 77.7 cm³/mol. The third kappa shape index (κ3) is 2.78. The number of hydrogen-bond donors (Lipinski definition) is 2. The maximum atomic E-state index is 11.3. The normalized spacial score (nSPS) is 21.0. The Morgan fingerprint density at radius 1 is 1.25 bits per heavy atom. The van der Waals surface area contributed by atoms with Crippen LogP contribution in [0.2, 0.25) is 0 Å². The molecule has 2 aliphatic rings. The van der Waals surface area contributed by atoms with Crippen LogP contribution in [0.3, 0.4) is 0 Å². The van der Waals surface area contributed by atoms with Gasteiger partial charge in [-0.05, 0) is 24.5 Å². The van der Waals surface area contributed by atoms with Crippen molar-refractivity contribution in [3.63, 3.8) is 0 Å². The SMILES string of the molecule is Nc1cccc(CN2CCN(C3CC3)CC2)c1C(=O)O. The Morgan fingerprint density at radius 2 is 1.95 bits per heavy atom. The van der Waals surface area contributed by atoms with Crippen molar-refractivity contribution in [1.82, 2.24) is 9.80 Å². The molecule has 1 saturated heterocycles. The predicted octanol–water partition coefficient (Wildman–Crippen LogP) is 1.25. The number of hydrogen-bond acceptors (Lipinski definition) is 4. The second-order valence-corrected chi connectivity index (χ2v) is 5.73. The Bertz CT molecular complexity index is 506. The van der Waals surface area contributed by atoms with Crippen LogP contribution in [-0.2, 0) is 6.54 Å². The standard InChI is InChI=1S/C15H21N3O2/c16-13-3-1-2-11(14(13)15(19)20)10-17-6-8-18(9-7-17)12-4-5-12/h1-3,12H,4-10,16H2,(H,19,20). The van der Waals surface area contributed by atoms with Crippen LogP contribution in [0.25, 0.3) is 0 Å². The summed E-state index contributed by atoms with van der Waals surface area (Å²) in [7, 11) is 0. The monoisotopic (exact) mass is 275 g/mol. The molecule has 1 heterocycles. The number of carboxylic acids is 1. The van der Waals surface area contributed by atoms with Crippen LogP contribution in [0, 0.1) is 0 Å². The molecule has 5 heteroatoms. The van der Waals surface area contributed by atoms with Gasteiger partial charge in [0, 0.05) is 44.5 Å². The lowest BCUT2D eigenvalue weighted by Crippen LogP contribution is -2.46. The van der Waals surface area contributed by atoms with E-state index in [1.807, 2.05) is 12.1 Å². The third-order valence-electron chi connectivity index (χ3n) is 4.26. The molecule has 1 aliphatic heterocycles. The number of carbonyl (C=O) groups is 1. The number of anilines is 1. The first-order valence-corrected chi connectivity index (χ1v) is 7.22. The molecular formula is C15H21N3O2. The van der Waals surface area contributed by atoms with E-state index in [-0.39, 0.29) is 5.56 Å². The van der Waals surface area contributed by atoms with Crippen LogP contribution in [0.4, 0.5) is 5.69 Å². The number of carboxylic acid groups (broad SMARTS) is 1. The van der Waals surface area contributed by atoms with Crippen molar-refractivity contribution in [2.24, 2.45) is 0 Å². The summed E-state index contributed by atoms with van der Waals surface area (Å²) >= 11 is 0. The largest absolute Gasteiger partial charge is 0.478 e. The van der Waals surface area contributed by atoms with Gasteiger partial charge in [-0.15, -0.1) is 0 Å². The van der Waals surface area contributed by atoms with Gasteiger partial charge in [0.15, 0.2) is 0 Å². The molecule has 1 saturated carbocycles. The average Bonchev–Trinajstić information content (AvgIpc) is 3.23. The molecule has 2 fully saturated rings. The summed E-state index contributed by atoms with van der Waals surface area (Å²) in [6, 6.07) is 6.17. The van der Waals surface area contributed by atoms with Gasteiger partial charge < -0.3 is 10.8 Å². The van der Waals surface area contributed by atoms with E-state index in [2.05, 4.69) is 9.80 Å². The van der Waals surface area contributed by atoms with E-state index >= 15 is 0 Å². The first-order chi connectivity index (χ1) is 9.65. The highest BCUT2D eigenvalue weighted by Gasteiger charge is 2.31. The average molecular weight is 275 g/mol. The Kier molecular flexibility index (Phi) is 3.63. The van der Waals surface area contributed by atoms with Gasteiger partial charge in [-0.1, -0.05) is 12.1 Å². The van der Waals surface area contributed by atoms with Gasteiger partial charge in [-0.2, -0.15) is 0 Å². The zero-order valence-electron chi connectivity index (χ0n) is 11.6. The number of nitrogens with two attached hydrogens (primary N) is 1. The highest BCUT2D eigenvalue weighted by molar-refractivity contribution is 5.95. The van der Waals surface area contributed by atoms with Crippen molar-refractivity contribution < 1.29 is 9.90 Å². The lowest BCUT2D eigenvalue weighted by Gasteiger charge is -2.35. The minimum atomic E-state index is -0.935. The quantitative estimate of drug-likeness (QED) is 0.809. The molecule has 20 heavy (non-hydrogen) atoms. The molecule has 0 spiro atoms. The topological polar surface area (TPSA) is 69.8 Å². The van der Waals surface area contributed by atoms with Crippen molar-refractivity contribution in [2.75, 3.05) is 31.9 Å². The molecule has 108 valence electrons. The second-order valence-electron chi connectivity index (χ2n) is 5.73. The van der Waals surface area contributed by atoms with E-state index in [0.29, 0.717) is 12.2 Å². The van der Waals surface area contributed by atoms with Crippen LogP contribution in [0.15, 0.2) is 18.2 Å².